The molecule has 0 bridgehead atoms. The number of carbonyl (C=O) groups excluding carboxylic acids is 2. The van der Waals surface area contributed by atoms with E-state index in [0.29, 0.717) is 33.8 Å². The van der Waals surface area contributed by atoms with E-state index in [2.05, 4.69) is 15.3 Å². The van der Waals surface area contributed by atoms with Crippen LogP contribution in [0.2, 0.25) is 0 Å². The van der Waals surface area contributed by atoms with Gasteiger partial charge in [0.15, 0.2) is 0 Å². The molecule has 2 amide bonds. The summed E-state index contributed by atoms with van der Waals surface area (Å²) < 4.78 is 29.8. The maximum absolute atomic E-state index is 14.0. The van der Waals surface area contributed by atoms with E-state index in [1.807, 2.05) is 6.07 Å². The first-order valence-electron chi connectivity index (χ1n) is 12.1. The van der Waals surface area contributed by atoms with Gasteiger partial charge in [-0.3, -0.25) is 14.6 Å². The Balaban J connectivity index is 1.52. The third-order valence-corrected chi connectivity index (χ3v) is 6.31. The fourth-order valence-electron chi connectivity index (χ4n) is 4.59. The number of nitrogens with two attached hydrogens (primary N) is 2. The van der Waals surface area contributed by atoms with E-state index in [0.717, 1.165) is 17.0 Å². The minimum Gasteiger partial charge on any atom is -0.384 e. The number of primary amides is 1. The highest BCUT2D eigenvalue weighted by Gasteiger charge is 2.22. The van der Waals surface area contributed by atoms with Crippen molar-refractivity contribution in [2.24, 2.45) is 5.73 Å². The average Bonchev–Trinajstić information content (AvgIpc) is 3.29. The Morgan fingerprint density at radius 2 is 1.77 bits per heavy atom. The molecule has 1 atom stereocenters. The number of nitrogens with zero attached hydrogens (tertiary/aromatic N) is 3. The van der Waals surface area contributed by atoms with Crippen molar-refractivity contribution in [2.45, 2.75) is 19.0 Å². The molecule has 5 rings (SSSR count). The molecule has 2 aromatic carbocycles. The molecule has 5 aromatic rings. The van der Waals surface area contributed by atoms with Crippen molar-refractivity contribution in [2.75, 3.05) is 5.73 Å². The van der Waals surface area contributed by atoms with Crippen LogP contribution in [0, 0.1) is 11.6 Å². The van der Waals surface area contributed by atoms with E-state index in [-0.39, 0.29) is 18.9 Å². The summed E-state index contributed by atoms with van der Waals surface area (Å²) in [7, 11) is 0. The number of rotatable bonds is 8. The van der Waals surface area contributed by atoms with Crippen molar-refractivity contribution < 1.29 is 18.4 Å². The first-order chi connectivity index (χ1) is 18.8. The van der Waals surface area contributed by atoms with Crippen LogP contribution >= 0.6 is 0 Å². The first kappa shape index (κ1) is 25.5. The summed E-state index contributed by atoms with van der Waals surface area (Å²) in [6, 6.07) is 16.2. The smallest absolute Gasteiger partial charge is 0.248 e. The summed E-state index contributed by atoms with van der Waals surface area (Å²) in [5.74, 6) is -2.07. The predicted molar refractivity (Wildman–Crippen MR) is 143 cm³/mol. The highest BCUT2D eigenvalue weighted by molar-refractivity contribution is 5.94. The molecule has 8 nitrogen and oxygen atoms in total. The van der Waals surface area contributed by atoms with E-state index in [9.17, 15) is 18.4 Å². The second-order valence-electron chi connectivity index (χ2n) is 9.09. The van der Waals surface area contributed by atoms with Crippen molar-refractivity contribution in [3.05, 3.63) is 114 Å². The highest BCUT2D eigenvalue weighted by atomic mass is 19.1. The summed E-state index contributed by atoms with van der Waals surface area (Å²) in [6.45, 7) is -0.0414. The zero-order chi connectivity index (χ0) is 27.5. The molecule has 3 heterocycles. The normalized spacial score (nSPS) is 11.8. The van der Waals surface area contributed by atoms with Gasteiger partial charge in [0.1, 0.15) is 24.0 Å². The fourth-order valence-corrected chi connectivity index (χ4v) is 4.59. The minimum atomic E-state index is -0.763. The predicted octanol–water partition coefficient (Wildman–Crippen LogP) is 4.16. The number of benzene rings is 2. The molecule has 0 saturated carbocycles. The van der Waals surface area contributed by atoms with E-state index < -0.39 is 23.6 Å². The number of halogens is 2. The molecule has 0 saturated heterocycles. The monoisotopic (exact) mass is 526 g/mol. The molecule has 39 heavy (non-hydrogen) atoms. The quantitative estimate of drug-likeness (QED) is 0.280. The van der Waals surface area contributed by atoms with Gasteiger partial charge in [-0.1, -0.05) is 18.2 Å². The van der Waals surface area contributed by atoms with Crippen LogP contribution in [-0.2, 0) is 17.8 Å². The molecule has 0 spiro atoms. The maximum Gasteiger partial charge on any atom is 0.248 e. The summed E-state index contributed by atoms with van der Waals surface area (Å²) in [4.78, 5) is 33.7. The number of anilines is 1. The number of hydrogen-bond acceptors (Lipinski definition) is 5. The maximum atomic E-state index is 14.0. The van der Waals surface area contributed by atoms with Crippen LogP contribution in [0.25, 0.3) is 22.0 Å². The molecule has 0 radical (unpaired) electrons. The number of nitrogens with one attached hydrogen (secondary N) is 1. The Kier molecular flexibility index (Phi) is 7.00. The van der Waals surface area contributed by atoms with Gasteiger partial charge >= 0.3 is 0 Å². The van der Waals surface area contributed by atoms with Crippen molar-refractivity contribution in [3.8, 4) is 11.1 Å². The Morgan fingerprint density at radius 3 is 2.54 bits per heavy atom. The number of aromatic nitrogens is 3. The van der Waals surface area contributed by atoms with Gasteiger partial charge in [0.25, 0.3) is 0 Å². The van der Waals surface area contributed by atoms with Crippen LogP contribution in [0.5, 0.6) is 0 Å². The van der Waals surface area contributed by atoms with Crippen LogP contribution in [0.1, 0.15) is 27.7 Å². The second-order valence-corrected chi connectivity index (χ2v) is 9.09. The van der Waals surface area contributed by atoms with Gasteiger partial charge in [-0.15, -0.1) is 0 Å². The number of nitrogen functional groups attached to an aromatic ring is 1. The van der Waals surface area contributed by atoms with Crippen LogP contribution in [0.3, 0.4) is 0 Å². The Hall–Kier alpha value is -5.12. The number of fused-ring (bicyclic) bond motifs is 1. The van der Waals surface area contributed by atoms with E-state index in [1.165, 1.54) is 12.1 Å². The van der Waals surface area contributed by atoms with Gasteiger partial charge in [0, 0.05) is 47.2 Å². The van der Waals surface area contributed by atoms with Crippen molar-refractivity contribution in [1.82, 2.24) is 19.9 Å². The third-order valence-electron chi connectivity index (χ3n) is 6.31. The highest BCUT2D eigenvalue weighted by Crippen LogP contribution is 2.30. The molecule has 0 unspecified atom stereocenters. The van der Waals surface area contributed by atoms with Crippen LogP contribution in [0.15, 0.2) is 85.3 Å². The Morgan fingerprint density at radius 1 is 0.974 bits per heavy atom. The third kappa shape index (κ3) is 5.74. The number of carbonyl (C=O) groups is 2. The molecule has 5 N–H and O–H groups in total. The van der Waals surface area contributed by atoms with Crippen molar-refractivity contribution >= 4 is 28.5 Å². The largest absolute Gasteiger partial charge is 0.384 e. The molecular formula is C29H24F2N6O2. The molecule has 3 aromatic heterocycles. The molecule has 0 aliphatic heterocycles. The second kappa shape index (κ2) is 10.7. The van der Waals surface area contributed by atoms with Gasteiger partial charge in [-0.25, -0.2) is 13.8 Å². The van der Waals surface area contributed by atoms with Gasteiger partial charge in [-0.2, -0.15) is 0 Å². The van der Waals surface area contributed by atoms with Gasteiger partial charge in [-0.05, 0) is 53.9 Å². The molecular weight excluding hydrogens is 502 g/mol. The topological polar surface area (TPSA) is 129 Å². The molecule has 0 fully saturated rings. The van der Waals surface area contributed by atoms with E-state index in [4.69, 9.17) is 11.5 Å². The summed E-state index contributed by atoms with van der Waals surface area (Å²) in [5.41, 5.74) is 14.4. The number of amides is 2. The average molecular weight is 527 g/mol. The molecule has 10 heteroatoms. The zero-order valence-corrected chi connectivity index (χ0v) is 20.6. The molecule has 0 aliphatic carbocycles. The zero-order valence-electron chi connectivity index (χ0n) is 20.6. The lowest BCUT2D eigenvalue weighted by Gasteiger charge is -2.22. The van der Waals surface area contributed by atoms with Crippen molar-refractivity contribution in [3.63, 3.8) is 0 Å². The van der Waals surface area contributed by atoms with Crippen LogP contribution in [0.4, 0.5) is 14.6 Å². The summed E-state index contributed by atoms with van der Waals surface area (Å²) in [5, 5.41) is 3.80. The minimum absolute atomic E-state index is 0.0414. The van der Waals surface area contributed by atoms with Crippen LogP contribution < -0.4 is 16.8 Å². The Labute approximate surface area is 222 Å². The summed E-state index contributed by atoms with van der Waals surface area (Å²) in [6.07, 6.45) is 5.01. The molecule has 0 aliphatic rings. The van der Waals surface area contributed by atoms with E-state index in [1.54, 1.807) is 65.6 Å². The van der Waals surface area contributed by atoms with Crippen molar-refractivity contribution in [1.29, 1.82) is 0 Å². The van der Waals surface area contributed by atoms with Gasteiger partial charge in [0.2, 0.25) is 11.8 Å². The standard InChI is InChI=1S/C29H24F2N6O2/c30-21-9-17(10-22(31)13-21)11-24(36-27(38)16-37-8-6-20-15-35-26(32)14-25(20)37)28-23(5-2-7-34-28)18-3-1-4-19(12-18)29(33)39/h1-10,12-15,24H,11,16H2,(H2,32,35)(H2,33,39)(H,36,38)/t24-/m0/s1. The van der Waals surface area contributed by atoms with Gasteiger partial charge in [0.05, 0.1) is 17.3 Å². The van der Waals surface area contributed by atoms with E-state index >= 15 is 0 Å². The Bertz CT molecular complexity index is 1680. The van der Waals surface area contributed by atoms with Gasteiger partial charge < -0.3 is 21.4 Å². The first-order valence-corrected chi connectivity index (χ1v) is 12.1. The molecule has 196 valence electrons. The lowest BCUT2D eigenvalue weighted by Crippen LogP contribution is -2.33. The lowest BCUT2D eigenvalue weighted by molar-refractivity contribution is -0.122. The SMILES string of the molecule is NC(=O)c1cccc(-c2cccnc2[C@H](Cc2cc(F)cc(F)c2)NC(=O)Cn2ccc3cnc(N)cc32)c1. The fraction of sp³-hybridized carbons (Fsp3) is 0.103. The van der Waals surface area contributed by atoms with Crippen LogP contribution in [-0.4, -0.2) is 26.3 Å². The lowest BCUT2D eigenvalue weighted by atomic mass is 9.94. The number of pyridine rings is 2. The summed E-state index contributed by atoms with van der Waals surface area (Å²) >= 11 is 0. The number of hydrogen-bond donors (Lipinski definition) is 3.